The lowest BCUT2D eigenvalue weighted by molar-refractivity contribution is 0.416. The summed E-state index contributed by atoms with van der Waals surface area (Å²) >= 11 is 1.44. The van der Waals surface area contributed by atoms with Crippen molar-refractivity contribution in [2.24, 2.45) is 5.73 Å². The van der Waals surface area contributed by atoms with E-state index in [9.17, 15) is 0 Å². The third-order valence-electron chi connectivity index (χ3n) is 4.38. The molecule has 21 heavy (non-hydrogen) atoms. The maximum atomic E-state index is 6.61. The predicted molar refractivity (Wildman–Crippen MR) is 87.7 cm³/mol. The van der Waals surface area contributed by atoms with Gasteiger partial charge < -0.3 is 5.73 Å². The number of hydrogen-bond donors (Lipinski definition) is 1. The van der Waals surface area contributed by atoms with Gasteiger partial charge in [-0.2, -0.15) is 0 Å². The zero-order chi connectivity index (χ0) is 15.0. The van der Waals surface area contributed by atoms with Gasteiger partial charge in [0.2, 0.25) is 0 Å². The second-order valence-corrected chi connectivity index (χ2v) is 7.76. The second kappa shape index (κ2) is 5.50. The molecule has 1 heterocycles. The number of nitrogens with zero attached hydrogens (tertiary/aromatic N) is 2. The molecule has 3 rings (SSSR count). The summed E-state index contributed by atoms with van der Waals surface area (Å²) < 4.78 is 4.16. The molecule has 0 saturated heterocycles. The Labute approximate surface area is 130 Å². The lowest BCUT2D eigenvalue weighted by atomic mass is 9.76. The number of aromatic nitrogens is 2. The number of rotatable bonds is 3. The topological polar surface area (TPSA) is 51.8 Å². The van der Waals surface area contributed by atoms with Crippen LogP contribution in [0.5, 0.6) is 0 Å². The van der Waals surface area contributed by atoms with E-state index in [-0.39, 0.29) is 11.5 Å². The minimum Gasteiger partial charge on any atom is -0.319 e. The van der Waals surface area contributed by atoms with Gasteiger partial charge in [-0.05, 0) is 41.4 Å². The van der Waals surface area contributed by atoms with E-state index in [0.29, 0.717) is 5.92 Å². The Morgan fingerprint density at radius 2 is 1.95 bits per heavy atom. The molecule has 1 aliphatic rings. The molecule has 2 aromatic rings. The first-order chi connectivity index (χ1) is 9.98. The monoisotopic (exact) mass is 301 g/mol. The van der Waals surface area contributed by atoms with Crippen LogP contribution in [0, 0.1) is 0 Å². The van der Waals surface area contributed by atoms with E-state index in [1.807, 2.05) is 0 Å². The van der Waals surface area contributed by atoms with Crippen LogP contribution < -0.4 is 5.73 Å². The second-order valence-electron chi connectivity index (χ2n) is 6.97. The quantitative estimate of drug-likeness (QED) is 0.926. The highest BCUT2D eigenvalue weighted by Crippen LogP contribution is 2.41. The van der Waals surface area contributed by atoms with Crippen LogP contribution in [0.25, 0.3) is 0 Å². The summed E-state index contributed by atoms with van der Waals surface area (Å²) in [6.07, 6.45) is 3.91. The van der Waals surface area contributed by atoms with Crippen molar-refractivity contribution in [1.82, 2.24) is 9.59 Å². The van der Waals surface area contributed by atoms with Gasteiger partial charge in [-0.25, -0.2) is 0 Å². The highest BCUT2D eigenvalue weighted by Gasteiger charge is 2.29. The largest absolute Gasteiger partial charge is 0.319 e. The lowest BCUT2D eigenvalue weighted by Gasteiger charge is -2.29. The summed E-state index contributed by atoms with van der Waals surface area (Å²) in [4.78, 5) is 1.11. The maximum Gasteiger partial charge on any atom is 0.0860 e. The highest BCUT2D eigenvalue weighted by atomic mass is 32.1. The minimum atomic E-state index is -0.115. The number of nitrogens with two attached hydrogens (primary N) is 1. The van der Waals surface area contributed by atoms with Crippen LogP contribution >= 0.6 is 11.5 Å². The first-order valence-corrected chi connectivity index (χ1v) is 8.43. The Bertz CT molecular complexity index is 623. The fourth-order valence-electron chi connectivity index (χ4n) is 2.95. The summed E-state index contributed by atoms with van der Waals surface area (Å²) in [5, 5.41) is 4.33. The molecule has 1 aliphatic carbocycles. The van der Waals surface area contributed by atoms with Gasteiger partial charge in [0, 0.05) is 5.41 Å². The van der Waals surface area contributed by atoms with E-state index in [2.05, 4.69) is 54.6 Å². The Morgan fingerprint density at radius 1 is 1.24 bits per heavy atom. The zero-order valence-corrected chi connectivity index (χ0v) is 13.8. The van der Waals surface area contributed by atoms with Crippen molar-refractivity contribution in [3.63, 3.8) is 0 Å². The van der Waals surface area contributed by atoms with E-state index in [0.717, 1.165) is 10.6 Å². The molecule has 0 radical (unpaired) electrons. The van der Waals surface area contributed by atoms with Gasteiger partial charge in [-0.15, -0.1) is 5.10 Å². The Kier molecular flexibility index (Phi) is 3.84. The molecule has 0 spiro atoms. The van der Waals surface area contributed by atoms with E-state index < -0.39 is 0 Å². The lowest BCUT2D eigenvalue weighted by Crippen LogP contribution is -2.22. The van der Waals surface area contributed by atoms with E-state index in [1.165, 1.54) is 41.9 Å². The van der Waals surface area contributed by atoms with Crippen molar-refractivity contribution in [2.75, 3.05) is 0 Å². The normalized spacial score (nSPS) is 17.5. The van der Waals surface area contributed by atoms with Gasteiger partial charge in [-0.3, -0.25) is 0 Å². The molecule has 4 heteroatoms. The van der Waals surface area contributed by atoms with Crippen molar-refractivity contribution >= 4 is 11.5 Å². The molecule has 3 nitrogen and oxygen atoms in total. The molecule has 1 atom stereocenters. The zero-order valence-electron chi connectivity index (χ0n) is 13.0. The SMILES string of the molecule is CC(C)(C)c1nnsc1C(N)c1ccccc1C1CCC1. The Morgan fingerprint density at radius 3 is 2.57 bits per heavy atom. The molecule has 112 valence electrons. The maximum absolute atomic E-state index is 6.61. The molecule has 0 aliphatic heterocycles. The first-order valence-electron chi connectivity index (χ1n) is 7.65. The van der Waals surface area contributed by atoms with E-state index in [1.54, 1.807) is 0 Å². The summed E-state index contributed by atoms with van der Waals surface area (Å²) in [5.74, 6) is 0.686. The number of hydrogen-bond acceptors (Lipinski definition) is 4. The standard InChI is InChI=1S/C17H23N3S/c1-17(2,3)16-15(21-20-19-16)14(18)13-10-5-4-9-12(13)11-7-6-8-11/h4-5,9-11,14H,6-8,18H2,1-3H3. The van der Waals surface area contributed by atoms with Crippen molar-refractivity contribution in [2.45, 2.75) is 57.4 Å². The van der Waals surface area contributed by atoms with Crippen LogP contribution in [0.2, 0.25) is 0 Å². The summed E-state index contributed by atoms with van der Waals surface area (Å²) in [6, 6.07) is 8.51. The van der Waals surface area contributed by atoms with E-state index in [4.69, 9.17) is 5.73 Å². The summed E-state index contributed by atoms with van der Waals surface area (Å²) in [6.45, 7) is 6.49. The van der Waals surface area contributed by atoms with Crippen LogP contribution in [0.3, 0.4) is 0 Å². The van der Waals surface area contributed by atoms with Crippen LogP contribution in [0.1, 0.15) is 73.7 Å². The fourth-order valence-corrected chi connectivity index (χ4v) is 3.83. The molecule has 1 aromatic heterocycles. The summed E-state index contributed by atoms with van der Waals surface area (Å²) in [5.41, 5.74) is 10.3. The first kappa shape index (κ1) is 14.7. The van der Waals surface area contributed by atoms with Gasteiger partial charge in [0.05, 0.1) is 16.6 Å². The minimum absolute atomic E-state index is 0.0225. The van der Waals surface area contributed by atoms with E-state index >= 15 is 0 Å². The highest BCUT2D eigenvalue weighted by molar-refractivity contribution is 7.05. The Balaban J connectivity index is 2.00. The molecule has 2 N–H and O–H groups in total. The van der Waals surface area contributed by atoms with Gasteiger partial charge >= 0.3 is 0 Å². The summed E-state index contributed by atoms with van der Waals surface area (Å²) in [7, 11) is 0. The van der Waals surface area contributed by atoms with Crippen molar-refractivity contribution < 1.29 is 0 Å². The molecule has 1 aromatic carbocycles. The van der Waals surface area contributed by atoms with Crippen molar-refractivity contribution in [3.8, 4) is 0 Å². The molecule has 1 fully saturated rings. The van der Waals surface area contributed by atoms with Gasteiger partial charge in [-0.1, -0.05) is 55.9 Å². The fraction of sp³-hybridized carbons (Fsp3) is 0.529. The predicted octanol–water partition coefficient (Wildman–Crippen LogP) is 4.15. The average molecular weight is 301 g/mol. The third-order valence-corrected chi connectivity index (χ3v) is 5.19. The third kappa shape index (κ3) is 2.74. The molecular weight excluding hydrogens is 278 g/mol. The molecule has 0 amide bonds. The van der Waals surface area contributed by atoms with Crippen LogP contribution in [0.4, 0.5) is 0 Å². The van der Waals surface area contributed by atoms with Gasteiger partial charge in [0.15, 0.2) is 0 Å². The smallest absolute Gasteiger partial charge is 0.0860 e. The van der Waals surface area contributed by atoms with Crippen molar-refractivity contribution in [3.05, 3.63) is 46.0 Å². The van der Waals surface area contributed by atoms with Gasteiger partial charge in [0.1, 0.15) is 0 Å². The molecule has 1 saturated carbocycles. The van der Waals surface area contributed by atoms with Gasteiger partial charge in [0.25, 0.3) is 0 Å². The van der Waals surface area contributed by atoms with Crippen LogP contribution in [0.15, 0.2) is 24.3 Å². The molecule has 0 bridgehead atoms. The van der Waals surface area contributed by atoms with Crippen LogP contribution in [-0.4, -0.2) is 9.59 Å². The molecule has 1 unspecified atom stereocenters. The average Bonchev–Trinajstić information content (AvgIpc) is 2.85. The van der Waals surface area contributed by atoms with Crippen molar-refractivity contribution in [1.29, 1.82) is 0 Å². The molecular formula is C17H23N3S. The Hall–Kier alpha value is -1.26. The van der Waals surface area contributed by atoms with Crippen LogP contribution in [-0.2, 0) is 5.41 Å². The number of benzene rings is 1.